The largest absolute Gasteiger partial charge is 0.473 e. The molecule has 0 amide bonds. The molecule has 0 aliphatic heterocycles. The van der Waals surface area contributed by atoms with Crippen LogP contribution in [0.1, 0.15) is 20.8 Å². The highest BCUT2D eigenvalue weighted by Crippen LogP contribution is 2.21. The molecule has 0 aliphatic carbocycles. The lowest BCUT2D eigenvalue weighted by Gasteiger charge is -2.14. The maximum Gasteiger partial charge on any atom is 0.239 e. The number of nitrogen functional groups attached to an aromatic ring is 1. The van der Waals surface area contributed by atoms with E-state index < -0.39 is 0 Å². The van der Waals surface area contributed by atoms with Crippen LogP contribution in [0.25, 0.3) is 0 Å². The molecular formula is C12H21N3O2. The number of methoxy groups -OCH3 is 1. The van der Waals surface area contributed by atoms with Crippen molar-refractivity contribution in [1.82, 2.24) is 4.98 Å². The van der Waals surface area contributed by atoms with Crippen LogP contribution >= 0.6 is 0 Å². The fourth-order valence-electron chi connectivity index (χ4n) is 1.20. The molecule has 1 atom stereocenters. The molecule has 1 aromatic heterocycles. The Morgan fingerprint density at radius 2 is 2.06 bits per heavy atom. The first-order chi connectivity index (χ1) is 8.02. The molecule has 0 bridgehead atoms. The molecule has 1 heterocycles. The summed E-state index contributed by atoms with van der Waals surface area (Å²) in [4.78, 5) is 4.30. The van der Waals surface area contributed by atoms with Gasteiger partial charge >= 0.3 is 0 Å². The van der Waals surface area contributed by atoms with Crippen LogP contribution in [0.5, 0.6) is 5.88 Å². The van der Waals surface area contributed by atoms with Gasteiger partial charge in [-0.25, -0.2) is 0 Å². The number of rotatable bonds is 6. The van der Waals surface area contributed by atoms with Gasteiger partial charge in [-0.2, -0.15) is 4.98 Å². The van der Waals surface area contributed by atoms with Gasteiger partial charge in [-0.3, -0.25) is 0 Å². The second-order valence-corrected chi connectivity index (χ2v) is 4.18. The van der Waals surface area contributed by atoms with Crippen LogP contribution in [0.15, 0.2) is 12.1 Å². The highest BCUT2D eigenvalue weighted by molar-refractivity contribution is 5.53. The van der Waals surface area contributed by atoms with Gasteiger partial charge in [0, 0.05) is 13.7 Å². The third kappa shape index (κ3) is 4.48. The molecule has 1 aromatic rings. The summed E-state index contributed by atoms with van der Waals surface area (Å²) in [5.74, 6) is 1.20. The lowest BCUT2D eigenvalue weighted by atomic mass is 10.3. The SMILES string of the molecule is COC(C)CNc1ccc(N)c(OC(C)C)n1. The van der Waals surface area contributed by atoms with E-state index in [0.717, 1.165) is 5.82 Å². The van der Waals surface area contributed by atoms with E-state index in [1.807, 2.05) is 26.8 Å². The van der Waals surface area contributed by atoms with Crippen LogP contribution < -0.4 is 15.8 Å². The molecule has 0 fully saturated rings. The molecule has 5 heteroatoms. The summed E-state index contributed by atoms with van der Waals surface area (Å²) in [7, 11) is 1.68. The number of nitrogens with zero attached hydrogens (tertiary/aromatic N) is 1. The summed E-state index contributed by atoms with van der Waals surface area (Å²) in [5, 5.41) is 3.16. The number of hydrogen-bond acceptors (Lipinski definition) is 5. The summed E-state index contributed by atoms with van der Waals surface area (Å²) in [6.45, 7) is 6.55. The third-order valence-corrected chi connectivity index (χ3v) is 2.21. The van der Waals surface area contributed by atoms with Gasteiger partial charge in [0.2, 0.25) is 5.88 Å². The first kappa shape index (κ1) is 13.6. The topological polar surface area (TPSA) is 69.4 Å². The molecule has 1 unspecified atom stereocenters. The Bertz CT molecular complexity index is 356. The van der Waals surface area contributed by atoms with E-state index in [4.69, 9.17) is 15.2 Å². The highest BCUT2D eigenvalue weighted by atomic mass is 16.5. The lowest BCUT2D eigenvalue weighted by Crippen LogP contribution is -2.19. The average Bonchev–Trinajstić information content (AvgIpc) is 2.29. The predicted molar refractivity (Wildman–Crippen MR) is 69.4 cm³/mol. The molecule has 0 saturated carbocycles. The maximum absolute atomic E-state index is 5.78. The predicted octanol–water partition coefficient (Wildman–Crippen LogP) is 1.90. The smallest absolute Gasteiger partial charge is 0.239 e. The molecule has 0 saturated heterocycles. The Morgan fingerprint density at radius 1 is 1.35 bits per heavy atom. The van der Waals surface area contributed by atoms with E-state index in [9.17, 15) is 0 Å². The van der Waals surface area contributed by atoms with E-state index in [1.165, 1.54) is 0 Å². The van der Waals surface area contributed by atoms with Crippen molar-refractivity contribution in [2.45, 2.75) is 33.0 Å². The summed E-state index contributed by atoms with van der Waals surface area (Å²) in [6, 6.07) is 3.61. The minimum absolute atomic E-state index is 0.0537. The molecule has 0 spiro atoms. The summed E-state index contributed by atoms with van der Waals surface area (Å²) in [5.41, 5.74) is 6.33. The van der Waals surface area contributed by atoms with Crippen molar-refractivity contribution in [2.75, 3.05) is 24.7 Å². The lowest BCUT2D eigenvalue weighted by molar-refractivity contribution is 0.128. The van der Waals surface area contributed by atoms with E-state index in [0.29, 0.717) is 18.1 Å². The molecular weight excluding hydrogens is 218 g/mol. The third-order valence-electron chi connectivity index (χ3n) is 2.21. The number of anilines is 2. The summed E-state index contributed by atoms with van der Waals surface area (Å²) < 4.78 is 10.7. The molecule has 0 radical (unpaired) electrons. The molecule has 17 heavy (non-hydrogen) atoms. The van der Waals surface area contributed by atoms with Gasteiger partial charge in [0.05, 0.1) is 17.9 Å². The number of hydrogen-bond donors (Lipinski definition) is 2. The van der Waals surface area contributed by atoms with Crippen molar-refractivity contribution in [2.24, 2.45) is 0 Å². The van der Waals surface area contributed by atoms with Crippen molar-refractivity contribution in [3.63, 3.8) is 0 Å². The number of pyridine rings is 1. The quantitative estimate of drug-likeness (QED) is 0.793. The normalized spacial score (nSPS) is 12.5. The van der Waals surface area contributed by atoms with Crippen LogP contribution in [-0.4, -0.2) is 30.8 Å². The van der Waals surface area contributed by atoms with Gasteiger partial charge in [0.15, 0.2) is 0 Å². The van der Waals surface area contributed by atoms with Gasteiger partial charge in [-0.15, -0.1) is 0 Å². The van der Waals surface area contributed by atoms with Crippen molar-refractivity contribution >= 4 is 11.5 Å². The van der Waals surface area contributed by atoms with Crippen molar-refractivity contribution in [1.29, 1.82) is 0 Å². The van der Waals surface area contributed by atoms with Gasteiger partial charge in [-0.05, 0) is 32.9 Å². The standard InChI is InChI=1S/C12H21N3O2/c1-8(2)17-12-10(13)5-6-11(15-12)14-7-9(3)16-4/h5-6,8-9H,7,13H2,1-4H3,(H,14,15). The summed E-state index contributed by atoms with van der Waals surface area (Å²) >= 11 is 0. The Labute approximate surface area is 102 Å². The monoisotopic (exact) mass is 239 g/mol. The van der Waals surface area contributed by atoms with Gasteiger partial charge in [0.25, 0.3) is 0 Å². The van der Waals surface area contributed by atoms with E-state index >= 15 is 0 Å². The zero-order valence-electron chi connectivity index (χ0n) is 10.9. The van der Waals surface area contributed by atoms with Crippen LogP contribution in [0.3, 0.4) is 0 Å². The van der Waals surface area contributed by atoms with Crippen molar-refractivity contribution in [3.05, 3.63) is 12.1 Å². The molecule has 5 nitrogen and oxygen atoms in total. The molecule has 0 aromatic carbocycles. The fourth-order valence-corrected chi connectivity index (χ4v) is 1.20. The van der Waals surface area contributed by atoms with Gasteiger partial charge in [-0.1, -0.05) is 0 Å². The number of nitrogens with one attached hydrogen (secondary N) is 1. The minimum Gasteiger partial charge on any atom is -0.473 e. The van der Waals surface area contributed by atoms with Crippen LogP contribution in [0, 0.1) is 0 Å². The average molecular weight is 239 g/mol. The molecule has 1 rings (SSSR count). The zero-order chi connectivity index (χ0) is 12.8. The van der Waals surface area contributed by atoms with Crippen molar-refractivity contribution in [3.8, 4) is 5.88 Å². The van der Waals surface area contributed by atoms with E-state index in [1.54, 1.807) is 13.2 Å². The minimum atomic E-state index is 0.0537. The van der Waals surface area contributed by atoms with Crippen molar-refractivity contribution < 1.29 is 9.47 Å². The second kappa shape index (κ2) is 6.30. The number of aromatic nitrogens is 1. The Balaban J connectivity index is 2.67. The molecule has 96 valence electrons. The first-order valence-electron chi connectivity index (χ1n) is 5.72. The van der Waals surface area contributed by atoms with Gasteiger partial charge in [0.1, 0.15) is 5.82 Å². The van der Waals surface area contributed by atoms with Crippen LogP contribution in [0.4, 0.5) is 11.5 Å². The van der Waals surface area contributed by atoms with E-state index in [2.05, 4.69) is 10.3 Å². The zero-order valence-corrected chi connectivity index (χ0v) is 10.9. The number of ether oxygens (including phenoxy) is 2. The van der Waals surface area contributed by atoms with Crippen LogP contribution in [-0.2, 0) is 4.74 Å². The molecule has 0 aliphatic rings. The number of nitrogens with two attached hydrogens (primary N) is 1. The highest BCUT2D eigenvalue weighted by Gasteiger charge is 2.07. The van der Waals surface area contributed by atoms with Crippen LogP contribution in [0.2, 0.25) is 0 Å². The Kier molecular flexibility index (Phi) is 5.03. The first-order valence-corrected chi connectivity index (χ1v) is 5.72. The Hall–Kier alpha value is -1.49. The van der Waals surface area contributed by atoms with Gasteiger partial charge < -0.3 is 20.5 Å². The molecule has 3 N–H and O–H groups in total. The Morgan fingerprint density at radius 3 is 2.65 bits per heavy atom. The van der Waals surface area contributed by atoms with E-state index in [-0.39, 0.29) is 12.2 Å². The summed E-state index contributed by atoms with van der Waals surface area (Å²) in [6.07, 6.45) is 0.182. The second-order valence-electron chi connectivity index (χ2n) is 4.18. The maximum atomic E-state index is 5.78. The fraction of sp³-hybridized carbons (Fsp3) is 0.583.